The molecule has 3 nitrogen and oxygen atoms in total. The van der Waals surface area contributed by atoms with Crippen LogP contribution in [0.2, 0.25) is 5.02 Å². The Bertz CT molecular complexity index is 408. The number of halogens is 1. The maximum Gasteiger partial charge on any atom is 0.307 e. The SMILES string of the molecule is CN1C[C@@H](C(=O)O)C[C@H]1c1cccc(Cl)c1. The largest absolute Gasteiger partial charge is 0.481 e. The minimum absolute atomic E-state index is 0.166. The first-order valence-electron chi connectivity index (χ1n) is 5.26. The van der Waals surface area contributed by atoms with Gasteiger partial charge in [-0.05, 0) is 31.2 Å². The van der Waals surface area contributed by atoms with Crippen molar-refractivity contribution in [2.75, 3.05) is 13.6 Å². The molecule has 0 saturated carbocycles. The van der Waals surface area contributed by atoms with Crippen molar-refractivity contribution in [2.24, 2.45) is 5.92 Å². The molecule has 1 saturated heterocycles. The van der Waals surface area contributed by atoms with Gasteiger partial charge in [-0.15, -0.1) is 0 Å². The zero-order chi connectivity index (χ0) is 11.7. The van der Waals surface area contributed by atoms with E-state index in [2.05, 4.69) is 4.90 Å². The summed E-state index contributed by atoms with van der Waals surface area (Å²) in [6, 6.07) is 7.80. The van der Waals surface area contributed by atoms with Gasteiger partial charge in [0.15, 0.2) is 0 Å². The van der Waals surface area contributed by atoms with Crippen LogP contribution < -0.4 is 0 Å². The van der Waals surface area contributed by atoms with Crippen LogP contribution in [0.4, 0.5) is 0 Å². The second kappa shape index (κ2) is 4.44. The van der Waals surface area contributed by atoms with Crippen molar-refractivity contribution in [3.63, 3.8) is 0 Å². The molecule has 1 aliphatic heterocycles. The highest BCUT2D eigenvalue weighted by molar-refractivity contribution is 6.30. The molecule has 0 bridgehead atoms. The van der Waals surface area contributed by atoms with E-state index in [1.807, 2.05) is 31.3 Å². The number of likely N-dealkylation sites (tertiary alicyclic amines) is 1. The van der Waals surface area contributed by atoms with E-state index in [0.717, 1.165) is 5.56 Å². The lowest BCUT2D eigenvalue weighted by Gasteiger charge is -2.19. The molecule has 1 aliphatic rings. The van der Waals surface area contributed by atoms with Crippen LogP contribution in [0.3, 0.4) is 0 Å². The van der Waals surface area contributed by atoms with Gasteiger partial charge in [0.2, 0.25) is 0 Å². The van der Waals surface area contributed by atoms with Crippen LogP contribution >= 0.6 is 11.6 Å². The van der Waals surface area contributed by atoms with E-state index in [1.54, 1.807) is 0 Å². The van der Waals surface area contributed by atoms with E-state index in [0.29, 0.717) is 18.0 Å². The van der Waals surface area contributed by atoms with Gasteiger partial charge in [0, 0.05) is 17.6 Å². The van der Waals surface area contributed by atoms with Crippen molar-refractivity contribution in [1.29, 1.82) is 0 Å². The van der Waals surface area contributed by atoms with Crippen molar-refractivity contribution in [2.45, 2.75) is 12.5 Å². The van der Waals surface area contributed by atoms with Gasteiger partial charge < -0.3 is 5.11 Å². The molecule has 86 valence electrons. The predicted octanol–water partition coefficient (Wildman–Crippen LogP) is 2.42. The number of benzene rings is 1. The third-order valence-electron chi connectivity index (χ3n) is 3.13. The fourth-order valence-corrected chi connectivity index (χ4v) is 2.48. The van der Waals surface area contributed by atoms with E-state index < -0.39 is 5.97 Å². The summed E-state index contributed by atoms with van der Waals surface area (Å²) >= 11 is 5.94. The van der Waals surface area contributed by atoms with Gasteiger partial charge in [0.1, 0.15) is 0 Å². The molecule has 0 aromatic heterocycles. The van der Waals surface area contributed by atoms with E-state index in [4.69, 9.17) is 16.7 Å². The Hall–Kier alpha value is -1.06. The lowest BCUT2D eigenvalue weighted by atomic mass is 10.00. The number of carboxylic acid groups (broad SMARTS) is 1. The number of carboxylic acids is 1. The van der Waals surface area contributed by atoms with Gasteiger partial charge >= 0.3 is 5.97 Å². The summed E-state index contributed by atoms with van der Waals surface area (Å²) in [5, 5.41) is 9.70. The molecular formula is C12H14ClNO2. The zero-order valence-corrected chi connectivity index (χ0v) is 9.81. The molecule has 1 fully saturated rings. The minimum Gasteiger partial charge on any atom is -0.481 e. The molecule has 1 aromatic carbocycles. The normalized spacial score (nSPS) is 25.9. The second-order valence-electron chi connectivity index (χ2n) is 4.28. The lowest BCUT2D eigenvalue weighted by Crippen LogP contribution is -2.20. The molecule has 0 radical (unpaired) electrons. The van der Waals surface area contributed by atoms with Gasteiger partial charge in [0.25, 0.3) is 0 Å². The molecule has 2 rings (SSSR count). The Kier molecular flexibility index (Phi) is 3.17. The Balaban J connectivity index is 2.19. The summed E-state index contributed by atoms with van der Waals surface area (Å²) < 4.78 is 0. The van der Waals surface area contributed by atoms with E-state index in [9.17, 15) is 4.79 Å². The maximum atomic E-state index is 10.9. The quantitative estimate of drug-likeness (QED) is 0.862. The van der Waals surface area contributed by atoms with Crippen LogP contribution in [0.25, 0.3) is 0 Å². The lowest BCUT2D eigenvalue weighted by molar-refractivity contribution is -0.141. The highest BCUT2D eigenvalue weighted by atomic mass is 35.5. The standard InChI is InChI=1S/C12H14ClNO2/c1-14-7-9(12(15)16)6-11(14)8-3-2-4-10(13)5-8/h2-5,9,11H,6-7H2,1H3,(H,15,16)/t9-,11-/m0/s1. The molecule has 0 amide bonds. The number of aliphatic carboxylic acids is 1. The van der Waals surface area contributed by atoms with Crippen molar-refractivity contribution in [3.8, 4) is 0 Å². The minimum atomic E-state index is -0.712. The van der Waals surface area contributed by atoms with Crippen LogP contribution in [-0.4, -0.2) is 29.6 Å². The smallest absolute Gasteiger partial charge is 0.307 e. The van der Waals surface area contributed by atoms with Gasteiger partial charge in [0.05, 0.1) is 5.92 Å². The monoisotopic (exact) mass is 239 g/mol. The van der Waals surface area contributed by atoms with Crippen LogP contribution in [0, 0.1) is 5.92 Å². The molecule has 1 N–H and O–H groups in total. The molecule has 16 heavy (non-hydrogen) atoms. The number of hydrogen-bond acceptors (Lipinski definition) is 2. The number of carbonyl (C=O) groups is 1. The third-order valence-corrected chi connectivity index (χ3v) is 3.37. The summed E-state index contributed by atoms with van der Waals surface area (Å²) in [7, 11) is 1.95. The zero-order valence-electron chi connectivity index (χ0n) is 9.06. The topological polar surface area (TPSA) is 40.5 Å². The second-order valence-corrected chi connectivity index (χ2v) is 4.72. The summed E-state index contributed by atoms with van der Waals surface area (Å²) in [6.45, 7) is 0.604. The fourth-order valence-electron chi connectivity index (χ4n) is 2.28. The Morgan fingerprint density at radius 3 is 2.88 bits per heavy atom. The highest BCUT2D eigenvalue weighted by Gasteiger charge is 2.34. The van der Waals surface area contributed by atoms with Crippen LogP contribution in [-0.2, 0) is 4.79 Å². The average Bonchev–Trinajstić information content (AvgIpc) is 2.60. The predicted molar refractivity (Wildman–Crippen MR) is 62.6 cm³/mol. The molecule has 0 aliphatic carbocycles. The van der Waals surface area contributed by atoms with Gasteiger partial charge in [-0.1, -0.05) is 23.7 Å². The van der Waals surface area contributed by atoms with Crippen molar-refractivity contribution in [1.82, 2.24) is 4.90 Å². The summed E-state index contributed by atoms with van der Waals surface area (Å²) in [4.78, 5) is 13.0. The summed E-state index contributed by atoms with van der Waals surface area (Å²) in [5.74, 6) is -0.981. The molecular weight excluding hydrogens is 226 g/mol. The Morgan fingerprint density at radius 2 is 2.31 bits per heavy atom. The van der Waals surface area contributed by atoms with Gasteiger partial charge in [-0.2, -0.15) is 0 Å². The van der Waals surface area contributed by atoms with Crippen molar-refractivity contribution < 1.29 is 9.90 Å². The number of rotatable bonds is 2. The molecule has 2 atom stereocenters. The van der Waals surface area contributed by atoms with Crippen LogP contribution in [0.1, 0.15) is 18.0 Å². The molecule has 1 aromatic rings. The van der Waals surface area contributed by atoms with E-state index >= 15 is 0 Å². The fraction of sp³-hybridized carbons (Fsp3) is 0.417. The van der Waals surface area contributed by atoms with Gasteiger partial charge in [-0.3, -0.25) is 9.69 Å². The first-order valence-corrected chi connectivity index (χ1v) is 5.64. The summed E-state index contributed by atoms with van der Waals surface area (Å²) in [6.07, 6.45) is 0.659. The number of hydrogen-bond donors (Lipinski definition) is 1. The molecule has 4 heteroatoms. The highest BCUT2D eigenvalue weighted by Crippen LogP contribution is 2.34. The number of nitrogens with zero attached hydrogens (tertiary/aromatic N) is 1. The first kappa shape index (κ1) is 11.4. The maximum absolute atomic E-state index is 10.9. The third kappa shape index (κ3) is 2.20. The van der Waals surface area contributed by atoms with E-state index in [1.165, 1.54) is 0 Å². The van der Waals surface area contributed by atoms with Crippen molar-refractivity contribution >= 4 is 17.6 Å². The van der Waals surface area contributed by atoms with E-state index in [-0.39, 0.29) is 12.0 Å². The van der Waals surface area contributed by atoms with Gasteiger partial charge in [-0.25, -0.2) is 0 Å². The molecule has 0 spiro atoms. The summed E-state index contributed by atoms with van der Waals surface area (Å²) in [5.41, 5.74) is 1.10. The average molecular weight is 240 g/mol. The molecule has 1 heterocycles. The van der Waals surface area contributed by atoms with Crippen molar-refractivity contribution in [3.05, 3.63) is 34.9 Å². The molecule has 0 unspecified atom stereocenters. The first-order chi connectivity index (χ1) is 7.58. The van der Waals surface area contributed by atoms with Crippen LogP contribution in [0.5, 0.6) is 0 Å². The van der Waals surface area contributed by atoms with Crippen LogP contribution in [0.15, 0.2) is 24.3 Å². The Labute approximate surface area is 99.6 Å². The Morgan fingerprint density at radius 1 is 1.56 bits per heavy atom.